The summed E-state index contributed by atoms with van der Waals surface area (Å²) in [5.74, 6) is -1.66. The summed E-state index contributed by atoms with van der Waals surface area (Å²) in [4.78, 5) is 17.7. The molecule has 1 aromatic heterocycles. The number of pyridine rings is 1. The molecule has 2 aromatic rings. The number of carbonyl (C=O) groups is 1. The summed E-state index contributed by atoms with van der Waals surface area (Å²) in [7, 11) is 0. The molecule has 4 rings (SSSR count). The molecule has 1 aromatic carbocycles. The van der Waals surface area contributed by atoms with E-state index in [4.69, 9.17) is 0 Å². The Hall–Kier alpha value is -2.14. The summed E-state index contributed by atoms with van der Waals surface area (Å²) in [6.45, 7) is 4.11. The molecular weight excluding hydrogens is 420 g/mol. The molecule has 0 radical (unpaired) electrons. The molecule has 2 aliphatic rings. The summed E-state index contributed by atoms with van der Waals surface area (Å²) >= 11 is 0. The highest BCUT2D eigenvalue weighted by molar-refractivity contribution is 5.96. The van der Waals surface area contributed by atoms with Crippen LogP contribution < -0.4 is 0 Å². The van der Waals surface area contributed by atoms with E-state index < -0.39 is 11.5 Å². The Balaban J connectivity index is 1.42. The monoisotopic (exact) mass is 455 g/mol. The number of benzene rings is 1. The standard InChI is InChI=1S/C28H35F2NO2/c1-26(25-6-4-5-17-31-25)15-13-20(14-16-26)23(19-7-8-19)18-24(32)21-9-11-22(12-10-21)27(2,33)28(3,29)30/h4-6,9-12,17,19-20,23,33H,7-8,13-16,18H2,1-3H3/t20?,23?,26?,27-/m0/s1. The van der Waals surface area contributed by atoms with Crippen LogP contribution in [-0.4, -0.2) is 21.8 Å². The lowest BCUT2D eigenvalue weighted by Crippen LogP contribution is -2.40. The van der Waals surface area contributed by atoms with E-state index in [0.29, 0.717) is 36.7 Å². The molecule has 3 nitrogen and oxygen atoms in total. The van der Waals surface area contributed by atoms with Crippen LogP contribution in [0, 0.1) is 17.8 Å². The van der Waals surface area contributed by atoms with Gasteiger partial charge in [0, 0.05) is 36.2 Å². The molecular formula is C28H35F2NO2. The third-order valence-electron chi connectivity index (χ3n) is 8.29. The van der Waals surface area contributed by atoms with Crippen molar-refractivity contribution in [3.05, 3.63) is 65.5 Å². The number of hydrogen-bond acceptors (Lipinski definition) is 3. The van der Waals surface area contributed by atoms with Gasteiger partial charge in [-0.1, -0.05) is 37.3 Å². The fourth-order valence-electron chi connectivity index (χ4n) is 5.49. The largest absolute Gasteiger partial charge is 0.379 e. The number of aromatic nitrogens is 1. The second-order valence-corrected chi connectivity index (χ2v) is 10.8. The first-order valence-electron chi connectivity index (χ1n) is 12.2. The Morgan fingerprint density at radius 1 is 1.06 bits per heavy atom. The van der Waals surface area contributed by atoms with Crippen LogP contribution in [0.2, 0.25) is 0 Å². The number of halogens is 2. The van der Waals surface area contributed by atoms with Crippen LogP contribution in [0.15, 0.2) is 48.7 Å². The van der Waals surface area contributed by atoms with Gasteiger partial charge in [-0.15, -0.1) is 0 Å². The summed E-state index contributed by atoms with van der Waals surface area (Å²) in [5, 5.41) is 10.2. The highest BCUT2D eigenvalue weighted by Crippen LogP contribution is 2.50. The van der Waals surface area contributed by atoms with Gasteiger partial charge in [0.25, 0.3) is 5.92 Å². The van der Waals surface area contributed by atoms with Crippen molar-refractivity contribution in [3.63, 3.8) is 0 Å². The van der Waals surface area contributed by atoms with Crippen molar-refractivity contribution in [1.29, 1.82) is 0 Å². The van der Waals surface area contributed by atoms with Crippen LogP contribution in [0.3, 0.4) is 0 Å². The number of aliphatic hydroxyl groups is 1. The number of nitrogens with zero attached hydrogens (tertiary/aromatic N) is 1. The first kappa shape index (κ1) is 24.0. The van der Waals surface area contributed by atoms with Crippen LogP contribution in [0.4, 0.5) is 8.78 Å². The van der Waals surface area contributed by atoms with Gasteiger partial charge in [-0.3, -0.25) is 9.78 Å². The molecule has 2 atom stereocenters. The van der Waals surface area contributed by atoms with Crippen molar-refractivity contribution in [1.82, 2.24) is 4.98 Å². The van der Waals surface area contributed by atoms with Crippen molar-refractivity contribution >= 4 is 5.78 Å². The SMILES string of the molecule is CC1(c2ccccn2)CCC(C(CC(=O)c2ccc([C@](C)(O)C(C)(F)F)cc2)C2CC2)CC1. The molecule has 178 valence electrons. The van der Waals surface area contributed by atoms with Crippen LogP contribution in [-0.2, 0) is 11.0 Å². The van der Waals surface area contributed by atoms with E-state index in [1.807, 2.05) is 12.3 Å². The van der Waals surface area contributed by atoms with Gasteiger partial charge in [0.1, 0.15) is 5.60 Å². The van der Waals surface area contributed by atoms with Crippen molar-refractivity contribution in [3.8, 4) is 0 Å². The Bertz CT molecular complexity index is 954. The van der Waals surface area contributed by atoms with Gasteiger partial charge in [-0.2, -0.15) is 0 Å². The smallest absolute Gasteiger partial charge is 0.277 e. The van der Waals surface area contributed by atoms with E-state index in [0.717, 1.165) is 38.3 Å². The normalized spacial score (nSPS) is 26.4. The van der Waals surface area contributed by atoms with Crippen molar-refractivity contribution < 1.29 is 18.7 Å². The second-order valence-electron chi connectivity index (χ2n) is 10.8. The Kier molecular flexibility index (Phi) is 6.47. The van der Waals surface area contributed by atoms with Gasteiger partial charge >= 0.3 is 0 Å². The van der Waals surface area contributed by atoms with Crippen LogP contribution in [0.5, 0.6) is 0 Å². The van der Waals surface area contributed by atoms with Crippen LogP contribution in [0.25, 0.3) is 0 Å². The molecule has 5 heteroatoms. The van der Waals surface area contributed by atoms with Gasteiger partial charge < -0.3 is 5.11 Å². The average molecular weight is 456 g/mol. The zero-order valence-corrected chi connectivity index (χ0v) is 19.9. The summed E-state index contributed by atoms with van der Waals surface area (Å²) in [6.07, 6.45) is 9.14. The maximum Gasteiger partial charge on any atom is 0.277 e. The first-order chi connectivity index (χ1) is 15.5. The van der Waals surface area contributed by atoms with Gasteiger partial charge in [0.15, 0.2) is 5.78 Å². The van der Waals surface area contributed by atoms with E-state index in [-0.39, 0.29) is 16.8 Å². The summed E-state index contributed by atoms with van der Waals surface area (Å²) in [5.41, 5.74) is -0.353. The molecule has 0 amide bonds. The minimum Gasteiger partial charge on any atom is -0.379 e. The van der Waals surface area contributed by atoms with Crippen LogP contribution in [0.1, 0.15) is 87.3 Å². The van der Waals surface area contributed by atoms with Gasteiger partial charge in [-0.25, -0.2) is 8.78 Å². The Morgan fingerprint density at radius 3 is 2.18 bits per heavy atom. The molecule has 2 fully saturated rings. The number of alkyl halides is 2. The lowest BCUT2D eigenvalue weighted by molar-refractivity contribution is -0.165. The molecule has 1 N–H and O–H groups in total. The van der Waals surface area contributed by atoms with Gasteiger partial charge in [0.2, 0.25) is 0 Å². The van der Waals surface area contributed by atoms with Crippen LogP contribution >= 0.6 is 0 Å². The molecule has 1 unspecified atom stereocenters. The molecule has 2 aliphatic carbocycles. The van der Waals surface area contributed by atoms with Gasteiger partial charge in [-0.05, 0) is 80.9 Å². The van der Waals surface area contributed by atoms with E-state index >= 15 is 0 Å². The highest BCUT2D eigenvalue weighted by atomic mass is 19.3. The lowest BCUT2D eigenvalue weighted by Gasteiger charge is -2.40. The molecule has 0 spiro atoms. The fraction of sp³-hybridized carbons (Fsp3) is 0.571. The topological polar surface area (TPSA) is 50.2 Å². The predicted octanol–water partition coefficient (Wildman–Crippen LogP) is 6.69. The number of hydrogen-bond donors (Lipinski definition) is 1. The maximum absolute atomic E-state index is 13.8. The number of rotatable bonds is 8. The van der Waals surface area contributed by atoms with Crippen molar-refractivity contribution in [2.75, 3.05) is 0 Å². The van der Waals surface area contributed by atoms with Crippen molar-refractivity contribution in [2.24, 2.45) is 17.8 Å². The van der Waals surface area contributed by atoms with E-state index in [1.54, 1.807) is 12.1 Å². The molecule has 0 bridgehead atoms. The quantitative estimate of drug-likeness (QED) is 0.451. The number of ketones is 1. The minimum atomic E-state index is -3.28. The Labute approximate surface area is 195 Å². The number of carbonyl (C=O) groups excluding carboxylic acids is 1. The summed E-state index contributed by atoms with van der Waals surface area (Å²) in [6, 6.07) is 12.2. The molecule has 1 heterocycles. The molecule has 0 saturated heterocycles. The molecule has 2 saturated carbocycles. The molecule has 0 aliphatic heterocycles. The zero-order chi connectivity index (χ0) is 23.9. The number of Topliss-reactive ketones (excluding diaryl/α,β-unsaturated/α-hetero) is 1. The molecule has 33 heavy (non-hydrogen) atoms. The highest BCUT2D eigenvalue weighted by Gasteiger charge is 2.46. The van der Waals surface area contributed by atoms with Gasteiger partial charge in [0.05, 0.1) is 0 Å². The zero-order valence-electron chi connectivity index (χ0n) is 19.9. The van der Waals surface area contributed by atoms with E-state index in [1.165, 1.54) is 25.0 Å². The Morgan fingerprint density at radius 2 is 1.67 bits per heavy atom. The average Bonchev–Trinajstić information content (AvgIpc) is 3.63. The second kappa shape index (κ2) is 8.90. The maximum atomic E-state index is 13.8. The first-order valence-corrected chi connectivity index (χ1v) is 12.2. The lowest BCUT2D eigenvalue weighted by atomic mass is 9.65. The fourth-order valence-corrected chi connectivity index (χ4v) is 5.49. The minimum absolute atomic E-state index is 0.0689. The third-order valence-corrected chi connectivity index (χ3v) is 8.29. The predicted molar refractivity (Wildman–Crippen MR) is 125 cm³/mol. The van der Waals surface area contributed by atoms with E-state index in [2.05, 4.69) is 24.0 Å². The van der Waals surface area contributed by atoms with Crippen molar-refractivity contribution in [2.45, 2.75) is 82.7 Å². The van der Waals surface area contributed by atoms with E-state index in [9.17, 15) is 18.7 Å². The summed E-state index contributed by atoms with van der Waals surface area (Å²) < 4.78 is 27.5. The third kappa shape index (κ3) is 5.03.